The molecule has 0 unspecified atom stereocenters. The van der Waals surface area contributed by atoms with Gasteiger partial charge >= 0.3 is 12.2 Å². The van der Waals surface area contributed by atoms with Crippen molar-refractivity contribution in [2.24, 2.45) is 0 Å². The number of sulfone groups is 1. The Morgan fingerprint density at radius 3 is 2.46 bits per heavy atom. The minimum absolute atomic E-state index is 0.00157. The van der Waals surface area contributed by atoms with Crippen LogP contribution in [0, 0.1) is 0 Å². The fraction of sp³-hybridized carbons (Fsp3) is 0.400. The van der Waals surface area contributed by atoms with Crippen molar-refractivity contribution in [2.45, 2.75) is 34.9 Å². The van der Waals surface area contributed by atoms with Gasteiger partial charge in [-0.3, -0.25) is 0 Å². The number of carbonyl (C=O) groups is 1. The van der Waals surface area contributed by atoms with Crippen molar-refractivity contribution >= 4 is 32.0 Å². The molecule has 1 aliphatic rings. The standard InChI is InChI=1S/C25H31F3N4O5S2/c1-32(24(33)31-20-8-5-13-29-18-20)15-14-30-38(34,35)16-6-7-19-17-22(11-12-23(19)25(26,27)28)39(36,37)21-9-3-2-4-10-21/h2-4,6-7,9-12,17,20,29-30H,5,8,13-16,18H2,1H3,(H,31,33)/t20-/m1/s1. The molecule has 3 rings (SSSR count). The summed E-state index contributed by atoms with van der Waals surface area (Å²) in [6.45, 7) is 1.54. The van der Waals surface area contributed by atoms with Crippen LogP contribution in [-0.2, 0) is 26.0 Å². The van der Waals surface area contributed by atoms with Gasteiger partial charge in [-0.15, -0.1) is 0 Å². The van der Waals surface area contributed by atoms with Gasteiger partial charge in [0.15, 0.2) is 0 Å². The molecule has 214 valence electrons. The van der Waals surface area contributed by atoms with Crippen LogP contribution >= 0.6 is 0 Å². The van der Waals surface area contributed by atoms with Gasteiger partial charge in [0.05, 0.1) is 21.1 Å². The maximum Gasteiger partial charge on any atom is 0.416 e. The summed E-state index contributed by atoms with van der Waals surface area (Å²) >= 11 is 0. The fourth-order valence-corrected chi connectivity index (χ4v) is 6.12. The van der Waals surface area contributed by atoms with Crippen LogP contribution in [0.3, 0.4) is 0 Å². The number of sulfonamides is 1. The van der Waals surface area contributed by atoms with Crippen LogP contribution in [0.15, 0.2) is 64.4 Å². The third-order valence-electron chi connectivity index (χ3n) is 6.05. The summed E-state index contributed by atoms with van der Waals surface area (Å²) in [5.41, 5.74) is -1.58. The number of likely N-dealkylation sites (N-methyl/N-ethyl adjacent to an activating group) is 1. The summed E-state index contributed by atoms with van der Waals surface area (Å²) in [5.74, 6) is -0.649. The number of piperidine rings is 1. The second-order valence-electron chi connectivity index (χ2n) is 9.06. The second-order valence-corrected chi connectivity index (χ2v) is 12.9. The van der Waals surface area contributed by atoms with E-state index >= 15 is 0 Å². The van der Waals surface area contributed by atoms with Crippen LogP contribution in [-0.4, -0.2) is 72.8 Å². The summed E-state index contributed by atoms with van der Waals surface area (Å²) in [5, 5.41) is 6.04. The molecular formula is C25H31F3N4O5S2. The number of hydrogen-bond donors (Lipinski definition) is 3. The summed E-state index contributed by atoms with van der Waals surface area (Å²) in [6.07, 6.45) is -1.05. The Morgan fingerprint density at radius 2 is 1.82 bits per heavy atom. The van der Waals surface area contributed by atoms with Gasteiger partial charge in [-0.2, -0.15) is 13.2 Å². The molecule has 2 aromatic rings. The molecule has 1 aliphatic heterocycles. The van der Waals surface area contributed by atoms with Gasteiger partial charge in [-0.1, -0.05) is 30.4 Å². The number of carbonyl (C=O) groups excluding carboxylic acids is 1. The first-order valence-corrected chi connectivity index (χ1v) is 15.3. The van der Waals surface area contributed by atoms with Crippen LogP contribution in [0.2, 0.25) is 0 Å². The highest BCUT2D eigenvalue weighted by molar-refractivity contribution is 7.91. The lowest BCUT2D eigenvalue weighted by Crippen LogP contribution is -2.50. The Hall–Kier alpha value is -2.94. The number of nitrogens with one attached hydrogen (secondary N) is 3. The molecule has 0 spiro atoms. The molecule has 2 aromatic carbocycles. The van der Waals surface area contributed by atoms with Crippen molar-refractivity contribution in [1.82, 2.24) is 20.3 Å². The van der Waals surface area contributed by atoms with E-state index in [1.807, 2.05) is 0 Å². The molecule has 2 amide bonds. The molecule has 9 nitrogen and oxygen atoms in total. The van der Waals surface area contributed by atoms with Crippen molar-refractivity contribution in [3.63, 3.8) is 0 Å². The molecule has 1 fully saturated rings. The van der Waals surface area contributed by atoms with Crippen LogP contribution < -0.4 is 15.4 Å². The average molecular weight is 589 g/mol. The van der Waals surface area contributed by atoms with Crippen molar-refractivity contribution in [1.29, 1.82) is 0 Å². The third-order valence-corrected chi connectivity index (χ3v) is 9.09. The molecule has 1 heterocycles. The van der Waals surface area contributed by atoms with E-state index in [4.69, 9.17) is 0 Å². The molecule has 0 saturated carbocycles. The quantitative estimate of drug-likeness (QED) is 0.392. The molecule has 0 aromatic heterocycles. The van der Waals surface area contributed by atoms with Crippen LogP contribution in [0.25, 0.3) is 6.08 Å². The molecule has 0 aliphatic carbocycles. The van der Waals surface area contributed by atoms with E-state index in [0.717, 1.165) is 43.7 Å². The molecular weight excluding hydrogens is 557 g/mol. The highest BCUT2D eigenvalue weighted by atomic mass is 32.2. The predicted octanol–water partition coefficient (Wildman–Crippen LogP) is 2.86. The molecule has 1 atom stereocenters. The Kier molecular flexibility index (Phi) is 10.2. The van der Waals surface area contributed by atoms with Crippen molar-refractivity contribution < 1.29 is 34.8 Å². The van der Waals surface area contributed by atoms with Gasteiger partial charge in [0.1, 0.15) is 0 Å². The molecule has 0 bridgehead atoms. The zero-order valence-corrected chi connectivity index (χ0v) is 22.9. The molecule has 3 N–H and O–H groups in total. The molecule has 39 heavy (non-hydrogen) atoms. The minimum Gasteiger partial charge on any atom is -0.334 e. The lowest BCUT2D eigenvalue weighted by molar-refractivity contribution is -0.137. The van der Waals surface area contributed by atoms with E-state index in [2.05, 4.69) is 15.4 Å². The topological polar surface area (TPSA) is 125 Å². The van der Waals surface area contributed by atoms with Crippen molar-refractivity contribution in [3.05, 3.63) is 65.7 Å². The number of nitrogens with zero attached hydrogens (tertiary/aromatic N) is 1. The SMILES string of the molecule is CN(CCNS(=O)(=O)CC=Cc1cc(S(=O)(=O)c2ccccc2)ccc1C(F)(F)F)C(=O)N[C@@H]1CCCNC1. The number of alkyl halides is 3. The zero-order chi connectivity index (χ0) is 28.7. The first kappa shape index (κ1) is 30.6. The number of amides is 2. The van der Waals surface area contributed by atoms with Crippen LogP contribution in [0.5, 0.6) is 0 Å². The number of urea groups is 1. The normalized spacial score (nSPS) is 16.8. The van der Waals surface area contributed by atoms with Gasteiger partial charge < -0.3 is 15.5 Å². The van der Waals surface area contributed by atoms with Crippen molar-refractivity contribution in [3.8, 4) is 0 Å². The van der Waals surface area contributed by atoms with Gasteiger partial charge in [0.25, 0.3) is 0 Å². The number of benzene rings is 2. The second kappa shape index (κ2) is 12.9. The van der Waals surface area contributed by atoms with Crippen LogP contribution in [0.4, 0.5) is 18.0 Å². The third kappa shape index (κ3) is 8.78. The number of rotatable bonds is 10. The largest absolute Gasteiger partial charge is 0.416 e. The van der Waals surface area contributed by atoms with E-state index in [1.54, 1.807) is 6.07 Å². The predicted molar refractivity (Wildman–Crippen MR) is 141 cm³/mol. The first-order chi connectivity index (χ1) is 18.3. The van der Waals surface area contributed by atoms with Gasteiger partial charge in [-0.05, 0) is 55.3 Å². The zero-order valence-electron chi connectivity index (χ0n) is 21.2. The van der Waals surface area contributed by atoms with Crippen LogP contribution in [0.1, 0.15) is 24.0 Å². The van der Waals surface area contributed by atoms with Crippen molar-refractivity contribution in [2.75, 3.05) is 39.0 Å². The molecule has 14 heteroatoms. The van der Waals surface area contributed by atoms with E-state index in [9.17, 15) is 34.8 Å². The highest BCUT2D eigenvalue weighted by Gasteiger charge is 2.33. The summed E-state index contributed by atoms with van der Waals surface area (Å²) in [6, 6.07) is 9.32. The maximum absolute atomic E-state index is 13.6. The van der Waals surface area contributed by atoms with Gasteiger partial charge in [-0.25, -0.2) is 26.4 Å². The van der Waals surface area contributed by atoms with E-state index in [-0.39, 0.29) is 35.0 Å². The number of hydrogen-bond acceptors (Lipinski definition) is 6. The summed E-state index contributed by atoms with van der Waals surface area (Å²) in [7, 11) is -6.50. The van der Waals surface area contributed by atoms with Gasteiger partial charge in [0.2, 0.25) is 19.9 Å². The maximum atomic E-state index is 13.6. The Morgan fingerprint density at radius 1 is 1.10 bits per heavy atom. The smallest absolute Gasteiger partial charge is 0.334 e. The first-order valence-electron chi connectivity index (χ1n) is 12.2. The summed E-state index contributed by atoms with van der Waals surface area (Å²) < 4.78 is 93.5. The minimum atomic E-state index is -4.79. The Labute approximate surface area is 226 Å². The number of halogens is 3. The van der Waals surface area contributed by atoms with E-state index < -0.39 is 42.9 Å². The molecule has 0 radical (unpaired) electrons. The fourth-order valence-electron chi connectivity index (χ4n) is 3.93. The Bertz CT molecular complexity index is 1380. The summed E-state index contributed by atoms with van der Waals surface area (Å²) in [4.78, 5) is 13.2. The van der Waals surface area contributed by atoms with E-state index in [0.29, 0.717) is 12.6 Å². The monoisotopic (exact) mass is 588 g/mol. The molecule has 1 saturated heterocycles. The lowest BCUT2D eigenvalue weighted by Gasteiger charge is -2.26. The highest BCUT2D eigenvalue weighted by Crippen LogP contribution is 2.34. The lowest BCUT2D eigenvalue weighted by atomic mass is 10.1. The van der Waals surface area contributed by atoms with E-state index in [1.165, 1.54) is 36.2 Å². The Balaban J connectivity index is 1.64. The van der Waals surface area contributed by atoms with Gasteiger partial charge in [0, 0.05) is 32.7 Å². The average Bonchev–Trinajstić information content (AvgIpc) is 2.88.